The Morgan fingerprint density at radius 2 is 2.23 bits per heavy atom. The summed E-state index contributed by atoms with van der Waals surface area (Å²) in [6.45, 7) is 0. The molecular weight excluding hydrogens is 164 g/mol. The van der Waals surface area contributed by atoms with Crippen LogP contribution in [0.1, 0.15) is 0 Å². The van der Waals surface area contributed by atoms with E-state index in [0.29, 0.717) is 0 Å². The van der Waals surface area contributed by atoms with Gasteiger partial charge in [-0.3, -0.25) is 5.10 Å². The minimum atomic E-state index is 0.877. The van der Waals surface area contributed by atoms with Crippen LogP contribution in [0, 0.1) is 0 Å². The van der Waals surface area contributed by atoms with Crippen LogP contribution >= 0.6 is 0 Å². The second kappa shape index (κ2) is 2.26. The number of nitrogens with zero attached hydrogens (tertiary/aromatic N) is 3. The van der Waals surface area contributed by atoms with Gasteiger partial charge < -0.3 is 0 Å². The molecule has 0 radical (unpaired) electrons. The Kier molecular flexibility index (Phi) is 1.14. The third kappa shape index (κ3) is 0.823. The molecule has 2 aliphatic rings. The molecule has 62 valence electrons. The van der Waals surface area contributed by atoms with Crippen LogP contribution in [0.25, 0.3) is 22.2 Å². The van der Waals surface area contributed by atoms with E-state index in [9.17, 15) is 0 Å². The highest BCUT2D eigenvalue weighted by atomic mass is 15.1. The van der Waals surface area contributed by atoms with E-state index in [1.54, 1.807) is 6.20 Å². The average molecular weight is 170 g/mol. The van der Waals surface area contributed by atoms with Crippen LogP contribution in [0.2, 0.25) is 0 Å². The lowest BCUT2D eigenvalue weighted by molar-refractivity contribution is 1.10. The van der Waals surface area contributed by atoms with E-state index >= 15 is 0 Å². The van der Waals surface area contributed by atoms with Crippen molar-refractivity contribution in [1.29, 1.82) is 0 Å². The maximum Gasteiger partial charge on any atom is 0.103 e. The number of aromatic amines is 1. The quantitative estimate of drug-likeness (QED) is 0.555. The van der Waals surface area contributed by atoms with Crippen LogP contribution in [-0.4, -0.2) is 20.4 Å². The maximum atomic E-state index is 4.15. The van der Waals surface area contributed by atoms with Crippen molar-refractivity contribution in [3.63, 3.8) is 0 Å². The van der Waals surface area contributed by atoms with Crippen molar-refractivity contribution in [2.45, 2.75) is 0 Å². The third-order valence-electron chi connectivity index (χ3n) is 2.08. The first kappa shape index (κ1) is 6.54. The lowest BCUT2D eigenvalue weighted by Crippen LogP contribution is -1.72. The number of fused-ring (bicyclic) bond motifs is 3. The lowest BCUT2D eigenvalue weighted by atomic mass is 10.2. The number of hydrogen-bond donors (Lipinski definition) is 1. The highest BCUT2D eigenvalue weighted by Crippen LogP contribution is 2.24. The van der Waals surface area contributed by atoms with Crippen molar-refractivity contribution in [2.24, 2.45) is 0 Å². The maximum absolute atomic E-state index is 4.15. The van der Waals surface area contributed by atoms with Gasteiger partial charge in [0.25, 0.3) is 0 Å². The zero-order valence-electron chi connectivity index (χ0n) is 6.73. The Hall–Kier alpha value is -1.97. The molecule has 1 N–H and O–H groups in total. The summed E-state index contributed by atoms with van der Waals surface area (Å²) in [6, 6.07) is 5.89. The van der Waals surface area contributed by atoms with Crippen LogP contribution in [0.5, 0.6) is 0 Å². The van der Waals surface area contributed by atoms with E-state index in [2.05, 4.69) is 20.4 Å². The van der Waals surface area contributed by atoms with Gasteiger partial charge in [-0.2, -0.15) is 15.3 Å². The van der Waals surface area contributed by atoms with Crippen molar-refractivity contribution < 1.29 is 0 Å². The normalized spacial score (nSPS) is 11.1. The SMILES string of the molecule is c1cc2nncc-2c2n[nH]cc2c1. The van der Waals surface area contributed by atoms with Crippen LogP contribution < -0.4 is 0 Å². The summed E-state index contributed by atoms with van der Waals surface area (Å²) in [5.74, 6) is 0. The summed E-state index contributed by atoms with van der Waals surface area (Å²) in [5.41, 5.74) is 2.79. The molecule has 0 aromatic carbocycles. The molecule has 4 heteroatoms. The van der Waals surface area contributed by atoms with Crippen LogP contribution in [0.3, 0.4) is 0 Å². The second-order valence-corrected chi connectivity index (χ2v) is 2.86. The molecule has 1 aromatic heterocycles. The molecule has 0 spiro atoms. The van der Waals surface area contributed by atoms with E-state index < -0.39 is 0 Å². The van der Waals surface area contributed by atoms with Crippen LogP contribution in [-0.2, 0) is 0 Å². The molecule has 3 rings (SSSR count). The highest BCUT2D eigenvalue weighted by Gasteiger charge is 2.08. The van der Waals surface area contributed by atoms with Gasteiger partial charge in [0.1, 0.15) is 5.52 Å². The van der Waals surface area contributed by atoms with Crippen LogP contribution in [0.4, 0.5) is 0 Å². The molecule has 0 amide bonds. The molecular formula is C9H6N4. The third-order valence-corrected chi connectivity index (χ3v) is 2.08. The fourth-order valence-electron chi connectivity index (χ4n) is 1.46. The summed E-state index contributed by atoms with van der Waals surface area (Å²) in [4.78, 5) is 0. The van der Waals surface area contributed by atoms with E-state index in [1.165, 1.54) is 0 Å². The molecule has 4 nitrogen and oxygen atoms in total. The van der Waals surface area contributed by atoms with Gasteiger partial charge >= 0.3 is 0 Å². The number of H-pyrrole nitrogens is 1. The molecule has 2 heterocycles. The van der Waals surface area contributed by atoms with E-state index in [4.69, 9.17) is 0 Å². The molecule has 0 saturated carbocycles. The van der Waals surface area contributed by atoms with Crippen molar-refractivity contribution in [3.8, 4) is 11.3 Å². The summed E-state index contributed by atoms with van der Waals surface area (Å²) < 4.78 is 0. The van der Waals surface area contributed by atoms with Gasteiger partial charge in [-0.15, -0.1) is 0 Å². The van der Waals surface area contributed by atoms with Crippen molar-refractivity contribution in [1.82, 2.24) is 20.4 Å². The molecule has 0 fully saturated rings. The summed E-state index contributed by atoms with van der Waals surface area (Å²) in [6.07, 6.45) is 3.60. The Balaban J connectivity index is 2.58. The lowest BCUT2D eigenvalue weighted by Gasteiger charge is -1.85. The Bertz CT molecular complexity index is 528. The molecule has 13 heavy (non-hydrogen) atoms. The smallest absolute Gasteiger partial charge is 0.103 e. The first-order valence-electron chi connectivity index (χ1n) is 3.99. The van der Waals surface area contributed by atoms with Gasteiger partial charge in [-0.05, 0) is 6.07 Å². The molecule has 1 aromatic rings. The fraction of sp³-hybridized carbons (Fsp3) is 0. The summed E-state index contributed by atoms with van der Waals surface area (Å²) >= 11 is 0. The second-order valence-electron chi connectivity index (χ2n) is 2.86. The monoisotopic (exact) mass is 170 g/mol. The largest absolute Gasteiger partial charge is 0.284 e. The molecule has 0 unspecified atom stereocenters. The topological polar surface area (TPSA) is 54.5 Å². The zero-order chi connectivity index (χ0) is 8.67. The van der Waals surface area contributed by atoms with Gasteiger partial charge in [-0.25, -0.2) is 0 Å². The predicted molar refractivity (Wildman–Crippen MR) is 48.3 cm³/mol. The number of rotatable bonds is 0. The van der Waals surface area contributed by atoms with Gasteiger partial charge in [0.15, 0.2) is 0 Å². The molecule has 1 aliphatic heterocycles. The van der Waals surface area contributed by atoms with Crippen molar-refractivity contribution in [2.75, 3.05) is 0 Å². The molecule has 0 saturated heterocycles. The van der Waals surface area contributed by atoms with Gasteiger partial charge in [0.2, 0.25) is 0 Å². The number of nitrogens with one attached hydrogen (secondary N) is 1. The van der Waals surface area contributed by atoms with E-state index in [0.717, 1.165) is 22.2 Å². The van der Waals surface area contributed by atoms with Crippen molar-refractivity contribution >= 4 is 10.9 Å². The average Bonchev–Trinajstić information content (AvgIpc) is 2.72. The highest BCUT2D eigenvalue weighted by molar-refractivity contribution is 5.91. The molecule has 0 atom stereocenters. The number of aromatic nitrogens is 4. The minimum Gasteiger partial charge on any atom is -0.284 e. The number of hydrogen-bond acceptors (Lipinski definition) is 3. The first-order chi connectivity index (χ1) is 6.45. The van der Waals surface area contributed by atoms with Crippen LogP contribution in [0.15, 0.2) is 30.6 Å². The molecule has 0 bridgehead atoms. The summed E-state index contributed by atoms with van der Waals surface area (Å²) in [5, 5.41) is 15.9. The Labute approximate surface area is 74.0 Å². The summed E-state index contributed by atoms with van der Waals surface area (Å²) in [7, 11) is 0. The van der Waals surface area contributed by atoms with Gasteiger partial charge in [0.05, 0.1) is 17.5 Å². The van der Waals surface area contributed by atoms with Crippen molar-refractivity contribution in [3.05, 3.63) is 30.6 Å². The zero-order valence-corrected chi connectivity index (χ0v) is 6.73. The van der Waals surface area contributed by atoms with Gasteiger partial charge in [0, 0.05) is 11.6 Å². The minimum absolute atomic E-state index is 0.877. The Morgan fingerprint density at radius 1 is 1.23 bits per heavy atom. The fourth-order valence-corrected chi connectivity index (χ4v) is 1.46. The Morgan fingerprint density at radius 3 is 3.23 bits per heavy atom. The molecule has 1 aliphatic carbocycles. The van der Waals surface area contributed by atoms with E-state index in [-0.39, 0.29) is 0 Å². The predicted octanol–water partition coefficient (Wildman–Crippen LogP) is 1.46. The van der Waals surface area contributed by atoms with Gasteiger partial charge in [-0.1, -0.05) is 12.1 Å². The first-order valence-corrected chi connectivity index (χ1v) is 3.99. The standard InChI is InChI=1S/C9H6N4/c1-2-6-4-10-13-9(6)7-5-11-12-8(7)3-1/h1-5H,(H,10,13). The van der Waals surface area contributed by atoms with E-state index in [1.807, 2.05) is 24.4 Å².